The van der Waals surface area contributed by atoms with Crippen molar-refractivity contribution in [2.45, 2.75) is 38.7 Å². The Balaban J connectivity index is 1.42. The first-order chi connectivity index (χ1) is 19.4. The van der Waals surface area contributed by atoms with E-state index in [0.717, 1.165) is 22.4 Å². The highest BCUT2D eigenvalue weighted by Gasteiger charge is 2.55. The fourth-order valence-corrected chi connectivity index (χ4v) is 6.18. The summed E-state index contributed by atoms with van der Waals surface area (Å²) in [6.07, 6.45) is 4.68. The van der Waals surface area contributed by atoms with Crippen molar-refractivity contribution in [3.8, 4) is 5.75 Å². The molecule has 2 aromatic carbocycles. The lowest BCUT2D eigenvalue weighted by molar-refractivity contribution is -0.123. The molecule has 5 rings (SSSR count). The zero-order valence-corrected chi connectivity index (χ0v) is 22.5. The second-order valence-corrected chi connectivity index (χ2v) is 10.4. The van der Waals surface area contributed by atoms with Crippen LogP contribution < -0.4 is 4.90 Å². The summed E-state index contributed by atoms with van der Waals surface area (Å²) >= 11 is 0. The number of pyridine rings is 1. The first-order valence-electron chi connectivity index (χ1n) is 13.8. The third kappa shape index (κ3) is 5.35. The predicted molar refractivity (Wildman–Crippen MR) is 154 cm³/mol. The van der Waals surface area contributed by atoms with Gasteiger partial charge in [-0.3, -0.25) is 19.5 Å². The number of fused-ring (bicyclic) bond motifs is 1. The molecule has 7 heteroatoms. The van der Waals surface area contributed by atoms with Crippen LogP contribution in [0.3, 0.4) is 0 Å². The van der Waals surface area contributed by atoms with Gasteiger partial charge in [0, 0.05) is 12.1 Å². The number of aromatic nitrogens is 1. The quantitative estimate of drug-likeness (QED) is 0.261. The molecule has 1 aliphatic heterocycles. The number of phenols is 1. The Bertz CT molecular complexity index is 1420. The normalized spacial score (nSPS) is 22.0. The molecule has 40 heavy (non-hydrogen) atoms. The monoisotopic (exact) mass is 538 g/mol. The lowest BCUT2D eigenvalue weighted by Gasteiger charge is -2.36. The van der Waals surface area contributed by atoms with Gasteiger partial charge in [-0.1, -0.05) is 48.9 Å². The van der Waals surface area contributed by atoms with E-state index in [1.54, 1.807) is 42.6 Å². The molecule has 0 bridgehead atoms. The Morgan fingerprint density at radius 1 is 1.02 bits per heavy atom. The molecule has 0 radical (unpaired) electrons. The van der Waals surface area contributed by atoms with E-state index < -0.39 is 23.9 Å². The van der Waals surface area contributed by atoms with E-state index in [0.29, 0.717) is 36.9 Å². The van der Waals surface area contributed by atoms with Crippen LogP contribution in [-0.4, -0.2) is 44.8 Å². The van der Waals surface area contributed by atoms with Gasteiger partial charge in [-0.25, -0.2) is 0 Å². The molecule has 1 aromatic heterocycles. The van der Waals surface area contributed by atoms with Gasteiger partial charge in [0.05, 0.1) is 35.9 Å². The van der Waals surface area contributed by atoms with Crippen molar-refractivity contribution < 1.29 is 24.9 Å². The number of carbonyl (C=O) groups excluding carboxylic acids is 2. The number of para-hydroxylation sites is 1. The Morgan fingerprint density at radius 3 is 2.40 bits per heavy atom. The number of amides is 2. The van der Waals surface area contributed by atoms with Crippen LogP contribution in [0.5, 0.6) is 5.75 Å². The molecule has 2 heterocycles. The number of aliphatic hydroxyl groups is 2. The van der Waals surface area contributed by atoms with Crippen LogP contribution in [0.15, 0.2) is 90.1 Å². The molecule has 0 saturated carbocycles. The fourth-order valence-electron chi connectivity index (χ4n) is 6.18. The summed E-state index contributed by atoms with van der Waals surface area (Å²) in [4.78, 5) is 32.8. The third-order valence-corrected chi connectivity index (χ3v) is 8.10. The van der Waals surface area contributed by atoms with Crippen LogP contribution in [0.1, 0.15) is 43.9 Å². The fraction of sp³-hybridized carbons (Fsp3) is 0.303. The summed E-state index contributed by atoms with van der Waals surface area (Å²) in [6.45, 7) is 1.66. The molecule has 2 aliphatic rings. The van der Waals surface area contributed by atoms with Gasteiger partial charge in [0.25, 0.3) is 0 Å². The van der Waals surface area contributed by atoms with Crippen molar-refractivity contribution in [2.24, 2.45) is 17.8 Å². The van der Waals surface area contributed by atoms with Gasteiger partial charge in [0.15, 0.2) is 0 Å². The highest BCUT2D eigenvalue weighted by atomic mass is 16.3. The topological polar surface area (TPSA) is 111 Å². The first kappa shape index (κ1) is 27.5. The SMILES string of the molecule is CCC1=C([C@H](O)CC/C(=C/c2ccc(O)cc2)c2ccccn2)[C@H](CO)[C@@H]2C(=O)N(c3ccccc3)C(=O)[C@@H]2C1. The van der Waals surface area contributed by atoms with Crippen molar-refractivity contribution in [3.05, 3.63) is 101 Å². The van der Waals surface area contributed by atoms with E-state index >= 15 is 0 Å². The van der Waals surface area contributed by atoms with Gasteiger partial charge < -0.3 is 15.3 Å². The van der Waals surface area contributed by atoms with Crippen LogP contribution in [-0.2, 0) is 9.59 Å². The molecule has 2 amide bonds. The summed E-state index contributed by atoms with van der Waals surface area (Å²) in [7, 11) is 0. The summed E-state index contributed by atoms with van der Waals surface area (Å²) in [5, 5.41) is 31.8. The van der Waals surface area contributed by atoms with Crippen LogP contribution >= 0.6 is 0 Å². The Kier molecular flexibility index (Phi) is 8.24. The zero-order chi connectivity index (χ0) is 28.2. The number of rotatable bonds is 9. The number of benzene rings is 2. The van der Waals surface area contributed by atoms with E-state index in [2.05, 4.69) is 4.98 Å². The van der Waals surface area contributed by atoms with Crippen molar-refractivity contribution in [1.82, 2.24) is 4.98 Å². The van der Waals surface area contributed by atoms with Crippen LogP contribution in [0, 0.1) is 17.8 Å². The highest BCUT2D eigenvalue weighted by molar-refractivity contribution is 6.22. The molecule has 7 nitrogen and oxygen atoms in total. The molecule has 1 aliphatic carbocycles. The number of anilines is 1. The van der Waals surface area contributed by atoms with E-state index in [-0.39, 0.29) is 24.2 Å². The molecule has 1 fully saturated rings. The average molecular weight is 539 g/mol. The van der Waals surface area contributed by atoms with Gasteiger partial charge in [0.2, 0.25) is 11.8 Å². The maximum Gasteiger partial charge on any atom is 0.238 e. The number of imide groups is 1. The zero-order valence-electron chi connectivity index (χ0n) is 22.5. The van der Waals surface area contributed by atoms with Crippen molar-refractivity contribution >= 4 is 29.2 Å². The van der Waals surface area contributed by atoms with Crippen molar-refractivity contribution in [2.75, 3.05) is 11.5 Å². The van der Waals surface area contributed by atoms with E-state index in [4.69, 9.17) is 0 Å². The second-order valence-electron chi connectivity index (χ2n) is 10.4. The van der Waals surface area contributed by atoms with Gasteiger partial charge in [0.1, 0.15) is 5.75 Å². The lowest BCUT2D eigenvalue weighted by atomic mass is 9.67. The molecule has 3 N–H and O–H groups in total. The minimum absolute atomic E-state index is 0.183. The van der Waals surface area contributed by atoms with Crippen molar-refractivity contribution in [3.63, 3.8) is 0 Å². The Hall–Kier alpha value is -4.07. The lowest BCUT2D eigenvalue weighted by Crippen LogP contribution is -2.39. The van der Waals surface area contributed by atoms with E-state index in [9.17, 15) is 24.9 Å². The maximum atomic E-state index is 13.6. The van der Waals surface area contributed by atoms with Crippen LogP contribution in [0.4, 0.5) is 5.69 Å². The molecule has 3 aromatic rings. The summed E-state index contributed by atoms with van der Waals surface area (Å²) in [5.41, 5.74) is 4.75. The van der Waals surface area contributed by atoms with Gasteiger partial charge >= 0.3 is 0 Å². The molecule has 1 saturated heterocycles. The molecule has 206 valence electrons. The second kappa shape index (κ2) is 12.0. The van der Waals surface area contributed by atoms with Gasteiger partial charge in [-0.15, -0.1) is 0 Å². The smallest absolute Gasteiger partial charge is 0.238 e. The number of hydrogen-bond acceptors (Lipinski definition) is 6. The number of aromatic hydroxyl groups is 1. The summed E-state index contributed by atoms with van der Waals surface area (Å²) in [5.74, 6) is -2.26. The first-order valence-corrected chi connectivity index (χ1v) is 13.8. The molecule has 0 spiro atoms. The predicted octanol–water partition coefficient (Wildman–Crippen LogP) is 4.99. The number of hydrogen-bond donors (Lipinski definition) is 3. The number of nitrogens with zero attached hydrogens (tertiary/aromatic N) is 2. The van der Waals surface area contributed by atoms with E-state index in [1.807, 2.05) is 49.4 Å². The summed E-state index contributed by atoms with van der Waals surface area (Å²) < 4.78 is 0. The van der Waals surface area contributed by atoms with Crippen molar-refractivity contribution in [1.29, 1.82) is 0 Å². The minimum Gasteiger partial charge on any atom is -0.508 e. The largest absolute Gasteiger partial charge is 0.508 e. The number of phenolic OH excluding ortho intramolecular Hbond substituents is 1. The molecule has 4 atom stereocenters. The highest BCUT2D eigenvalue weighted by Crippen LogP contribution is 2.48. The van der Waals surface area contributed by atoms with E-state index in [1.165, 1.54) is 4.90 Å². The molecule has 0 unspecified atom stereocenters. The minimum atomic E-state index is -0.895. The Labute approximate surface area is 234 Å². The van der Waals surface area contributed by atoms with Crippen LogP contribution in [0.2, 0.25) is 0 Å². The van der Waals surface area contributed by atoms with Gasteiger partial charge in [-0.2, -0.15) is 0 Å². The number of allylic oxidation sites excluding steroid dienone is 2. The maximum absolute atomic E-state index is 13.6. The third-order valence-electron chi connectivity index (χ3n) is 8.10. The molecular formula is C33H34N2O5. The standard InChI is InChI=1S/C33H34N2O5/c1-2-22-19-26-31(33(40)35(32(26)39)24-8-4-3-5-9-24)27(20-36)30(22)29(38)16-13-23(28-10-6-7-17-34-28)18-21-11-14-25(37)15-12-21/h3-12,14-15,17-18,26-27,29,31,36-38H,2,13,16,19-20H2,1H3/b23-18-/t26-,27+,29-,31-/m1/s1. The molecular weight excluding hydrogens is 504 g/mol. The number of carbonyl (C=O) groups is 2. The van der Waals surface area contributed by atoms with Crippen LogP contribution in [0.25, 0.3) is 11.6 Å². The number of aliphatic hydroxyl groups excluding tert-OH is 2. The van der Waals surface area contributed by atoms with Gasteiger partial charge in [-0.05, 0) is 84.9 Å². The Morgan fingerprint density at radius 2 is 1.75 bits per heavy atom. The summed E-state index contributed by atoms with van der Waals surface area (Å²) in [6, 6.07) is 21.4. The average Bonchev–Trinajstić information content (AvgIpc) is 3.24.